The van der Waals surface area contributed by atoms with Crippen LogP contribution in [-0.4, -0.2) is 19.0 Å². The van der Waals surface area contributed by atoms with Crippen LogP contribution in [0.2, 0.25) is 0 Å². The largest absolute Gasteiger partial charge is 0.464 e. The third kappa shape index (κ3) is 3.37. The molecule has 0 rings (SSSR count). The Hall–Kier alpha value is -1.83. The standard InChI is InChI=1S/C7H8N2O3/c1-5(10)9-6(3-4-8)7(11)12-2/h3H,1-2H3,(H,9,10)/b6-3+. The topological polar surface area (TPSA) is 79.2 Å². The van der Waals surface area contributed by atoms with Gasteiger partial charge in [0.2, 0.25) is 5.91 Å². The van der Waals surface area contributed by atoms with Crippen LogP contribution in [0.15, 0.2) is 11.8 Å². The summed E-state index contributed by atoms with van der Waals surface area (Å²) in [4.78, 5) is 21.3. The van der Waals surface area contributed by atoms with Crippen LogP contribution < -0.4 is 5.32 Å². The minimum Gasteiger partial charge on any atom is -0.464 e. The molecule has 5 heteroatoms. The van der Waals surface area contributed by atoms with Crippen LogP contribution >= 0.6 is 0 Å². The number of amides is 1. The maximum Gasteiger partial charge on any atom is 0.355 e. The molecule has 64 valence electrons. The van der Waals surface area contributed by atoms with Crippen molar-refractivity contribution in [2.24, 2.45) is 0 Å². The van der Waals surface area contributed by atoms with Gasteiger partial charge in [-0.15, -0.1) is 0 Å². The fourth-order valence-corrected chi connectivity index (χ4v) is 0.510. The number of nitriles is 1. The van der Waals surface area contributed by atoms with Crippen molar-refractivity contribution in [1.29, 1.82) is 5.26 Å². The minimum absolute atomic E-state index is 0.160. The molecule has 0 heterocycles. The Bertz CT molecular complexity index is 262. The van der Waals surface area contributed by atoms with Crippen LogP contribution in [0.4, 0.5) is 0 Å². The summed E-state index contributed by atoms with van der Waals surface area (Å²) in [6.45, 7) is 1.23. The third-order valence-electron chi connectivity index (χ3n) is 0.925. The summed E-state index contributed by atoms with van der Waals surface area (Å²) in [6.07, 6.45) is 0.910. The number of nitrogens with zero attached hydrogens (tertiary/aromatic N) is 1. The van der Waals surface area contributed by atoms with Gasteiger partial charge in [-0.3, -0.25) is 4.79 Å². The zero-order chi connectivity index (χ0) is 9.56. The average molecular weight is 168 g/mol. The number of hydrogen-bond donors (Lipinski definition) is 1. The lowest BCUT2D eigenvalue weighted by Crippen LogP contribution is -2.25. The maximum atomic E-state index is 10.8. The lowest BCUT2D eigenvalue weighted by atomic mass is 10.4. The summed E-state index contributed by atoms with van der Waals surface area (Å²) < 4.78 is 4.29. The second kappa shape index (κ2) is 4.91. The van der Waals surface area contributed by atoms with Gasteiger partial charge in [0.15, 0.2) is 0 Å². The number of carbonyl (C=O) groups excluding carboxylic acids is 2. The zero-order valence-corrected chi connectivity index (χ0v) is 6.75. The van der Waals surface area contributed by atoms with E-state index in [1.165, 1.54) is 6.92 Å². The first-order valence-corrected chi connectivity index (χ1v) is 3.07. The van der Waals surface area contributed by atoms with E-state index in [4.69, 9.17) is 5.26 Å². The highest BCUT2D eigenvalue weighted by Crippen LogP contribution is 1.91. The van der Waals surface area contributed by atoms with Crippen LogP contribution in [0.25, 0.3) is 0 Å². The van der Waals surface area contributed by atoms with E-state index in [0.717, 1.165) is 13.2 Å². The van der Waals surface area contributed by atoms with E-state index < -0.39 is 11.9 Å². The molecule has 0 radical (unpaired) electrons. The summed E-state index contributed by atoms with van der Waals surface area (Å²) in [5, 5.41) is 10.4. The van der Waals surface area contributed by atoms with Crippen molar-refractivity contribution >= 4 is 11.9 Å². The Kier molecular flexibility index (Phi) is 4.16. The van der Waals surface area contributed by atoms with Gasteiger partial charge in [-0.05, 0) is 0 Å². The van der Waals surface area contributed by atoms with E-state index in [1.807, 2.05) is 0 Å². The van der Waals surface area contributed by atoms with Crippen LogP contribution in [0, 0.1) is 11.3 Å². The number of hydrogen-bond acceptors (Lipinski definition) is 4. The first kappa shape index (κ1) is 10.2. The number of esters is 1. The molecule has 1 N–H and O–H groups in total. The summed E-state index contributed by atoms with van der Waals surface area (Å²) in [6, 6.07) is 1.61. The van der Waals surface area contributed by atoms with Crippen molar-refractivity contribution in [2.45, 2.75) is 6.92 Å². The van der Waals surface area contributed by atoms with Crippen molar-refractivity contribution in [3.05, 3.63) is 11.8 Å². The van der Waals surface area contributed by atoms with Gasteiger partial charge >= 0.3 is 5.97 Å². The average Bonchev–Trinajstić information content (AvgIpc) is 2.01. The van der Waals surface area contributed by atoms with Gasteiger partial charge in [-0.2, -0.15) is 5.26 Å². The molecule has 0 aromatic heterocycles. The van der Waals surface area contributed by atoms with Crippen LogP contribution in [0.1, 0.15) is 6.92 Å². The quantitative estimate of drug-likeness (QED) is 0.349. The Morgan fingerprint density at radius 3 is 2.50 bits per heavy atom. The van der Waals surface area contributed by atoms with Crippen LogP contribution in [0.5, 0.6) is 0 Å². The lowest BCUT2D eigenvalue weighted by molar-refractivity contribution is -0.137. The number of allylic oxidation sites excluding steroid dienone is 1. The van der Waals surface area contributed by atoms with Crippen molar-refractivity contribution < 1.29 is 14.3 Å². The highest BCUT2D eigenvalue weighted by atomic mass is 16.5. The molecule has 0 bridgehead atoms. The first-order valence-electron chi connectivity index (χ1n) is 3.07. The highest BCUT2D eigenvalue weighted by molar-refractivity contribution is 5.93. The summed E-state index contributed by atoms with van der Waals surface area (Å²) in [7, 11) is 1.16. The van der Waals surface area contributed by atoms with Crippen LogP contribution in [-0.2, 0) is 14.3 Å². The molecule has 0 atom stereocenters. The smallest absolute Gasteiger partial charge is 0.355 e. The fourth-order valence-electron chi connectivity index (χ4n) is 0.510. The molecule has 5 nitrogen and oxygen atoms in total. The van der Waals surface area contributed by atoms with E-state index in [-0.39, 0.29) is 5.70 Å². The van der Waals surface area contributed by atoms with E-state index in [1.54, 1.807) is 6.07 Å². The van der Waals surface area contributed by atoms with Gasteiger partial charge in [0, 0.05) is 13.0 Å². The fraction of sp³-hybridized carbons (Fsp3) is 0.286. The number of carbonyl (C=O) groups is 2. The maximum absolute atomic E-state index is 10.8. The number of ether oxygens (including phenoxy) is 1. The predicted octanol–water partition coefficient (Wildman–Crippen LogP) is -0.297. The number of methoxy groups -OCH3 is 1. The van der Waals surface area contributed by atoms with Gasteiger partial charge in [-0.25, -0.2) is 4.79 Å². The molecule has 12 heavy (non-hydrogen) atoms. The molecule has 0 aromatic rings. The minimum atomic E-state index is -0.744. The lowest BCUT2D eigenvalue weighted by Gasteiger charge is -2.02. The summed E-state index contributed by atoms with van der Waals surface area (Å²) in [5.41, 5.74) is -0.160. The molecule has 0 aliphatic heterocycles. The van der Waals surface area contributed by atoms with Crippen molar-refractivity contribution in [3.63, 3.8) is 0 Å². The van der Waals surface area contributed by atoms with Crippen molar-refractivity contribution in [2.75, 3.05) is 7.11 Å². The van der Waals surface area contributed by atoms with Gasteiger partial charge < -0.3 is 10.1 Å². The Morgan fingerprint density at radius 1 is 1.58 bits per heavy atom. The van der Waals surface area contributed by atoms with Crippen molar-refractivity contribution in [1.82, 2.24) is 5.32 Å². The number of rotatable bonds is 2. The van der Waals surface area contributed by atoms with Gasteiger partial charge in [0.05, 0.1) is 13.2 Å². The zero-order valence-electron chi connectivity index (χ0n) is 6.75. The van der Waals surface area contributed by atoms with Gasteiger partial charge in [0.25, 0.3) is 0 Å². The molecule has 0 saturated carbocycles. The molecule has 0 aliphatic rings. The predicted molar refractivity (Wildman–Crippen MR) is 39.5 cm³/mol. The summed E-state index contributed by atoms with van der Waals surface area (Å²) in [5.74, 6) is -1.17. The van der Waals surface area contributed by atoms with Crippen molar-refractivity contribution in [3.8, 4) is 6.07 Å². The Labute approximate surface area is 69.6 Å². The molecule has 0 fully saturated rings. The van der Waals surface area contributed by atoms with E-state index in [2.05, 4.69) is 10.1 Å². The second-order valence-corrected chi connectivity index (χ2v) is 1.86. The normalized spacial score (nSPS) is 9.92. The molecule has 0 aromatic carbocycles. The third-order valence-corrected chi connectivity index (χ3v) is 0.925. The molecular weight excluding hydrogens is 160 g/mol. The van der Waals surface area contributed by atoms with E-state index >= 15 is 0 Å². The molecule has 1 amide bonds. The Balaban J connectivity index is 4.48. The molecular formula is C7H8N2O3. The SMILES string of the molecule is COC(=O)/C(=C\C#N)NC(C)=O. The Morgan fingerprint density at radius 2 is 2.17 bits per heavy atom. The molecule has 0 saturated heterocycles. The van der Waals surface area contributed by atoms with E-state index in [0.29, 0.717) is 0 Å². The van der Waals surface area contributed by atoms with Gasteiger partial charge in [-0.1, -0.05) is 0 Å². The summed E-state index contributed by atoms with van der Waals surface area (Å²) >= 11 is 0. The molecule has 0 spiro atoms. The monoisotopic (exact) mass is 168 g/mol. The number of nitrogens with one attached hydrogen (secondary N) is 1. The molecule has 0 aliphatic carbocycles. The first-order chi connectivity index (χ1) is 5.61. The second-order valence-electron chi connectivity index (χ2n) is 1.86. The van der Waals surface area contributed by atoms with E-state index in [9.17, 15) is 9.59 Å². The highest BCUT2D eigenvalue weighted by Gasteiger charge is 2.09. The van der Waals surface area contributed by atoms with Gasteiger partial charge in [0.1, 0.15) is 5.70 Å². The molecule has 0 unspecified atom stereocenters. The van der Waals surface area contributed by atoms with Crippen LogP contribution in [0.3, 0.4) is 0 Å².